The standard InChI is InChI=1S/C13H19NO2/c1-10(2)9-16-12-6-4-11(5-7-12)13(8-15)14-3/h4-7,13-15H,1,8-9H2,2-3H3. The van der Waals surface area contributed by atoms with Gasteiger partial charge >= 0.3 is 0 Å². The van der Waals surface area contributed by atoms with Crippen LogP contribution in [0.15, 0.2) is 36.4 Å². The van der Waals surface area contributed by atoms with Crippen LogP contribution in [0.3, 0.4) is 0 Å². The van der Waals surface area contributed by atoms with Gasteiger partial charge in [-0.2, -0.15) is 0 Å². The summed E-state index contributed by atoms with van der Waals surface area (Å²) in [6, 6.07) is 7.68. The molecule has 88 valence electrons. The lowest BCUT2D eigenvalue weighted by Crippen LogP contribution is -2.19. The third-order valence-corrected chi connectivity index (χ3v) is 2.30. The van der Waals surface area contributed by atoms with E-state index >= 15 is 0 Å². The molecule has 1 unspecified atom stereocenters. The lowest BCUT2D eigenvalue weighted by atomic mass is 10.1. The van der Waals surface area contributed by atoms with Crippen LogP contribution < -0.4 is 10.1 Å². The second-order valence-corrected chi connectivity index (χ2v) is 3.84. The van der Waals surface area contributed by atoms with Crippen LogP contribution in [0.2, 0.25) is 0 Å². The van der Waals surface area contributed by atoms with E-state index in [2.05, 4.69) is 11.9 Å². The van der Waals surface area contributed by atoms with Gasteiger partial charge in [-0.1, -0.05) is 18.7 Å². The summed E-state index contributed by atoms with van der Waals surface area (Å²) >= 11 is 0. The highest BCUT2D eigenvalue weighted by Crippen LogP contribution is 2.17. The Morgan fingerprint density at radius 2 is 2.06 bits per heavy atom. The summed E-state index contributed by atoms with van der Waals surface area (Å²) in [7, 11) is 1.83. The fraction of sp³-hybridized carbons (Fsp3) is 0.385. The molecule has 3 nitrogen and oxygen atoms in total. The number of hydrogen-bond acceptors (Lipinski definition) is 3. The van der Waals surface area contributed by atoms with Gasteiger partial charge in [0.05, 0.1) is 12.6 Å². The average molecular weight is 221 g/mol. The first-order valence-electron chi connectivity index (χ1n) is 5.32. The molecule has 0 spiro atoms. The smallest absolute Gasteiger partial charge is 0.119 e. The van der Waals surface area contributed by atoms with Gasteiger partial charge in [0, 0.05) is 0 Å². The van der Waals surface area contributed by atoms with E-state index in [0.717, 1.165) is 16.9 Å². The Labute approximate surface area is 96.8 Å². The monoisotopic (exact) mass is 221 g/mol. The van der Waals surface area contributed by atoms with Crippen molar-refractivity contribution in [2.45, 2.75) is 13.0 Å². The summed E-state index contributed by atoms with van der Waals surface area (Å²) in [4.78, 5) is 0. The SMILES string of the molecule is C=C(C)COc1ccc(C(CO)NC)cc1. The molecule has 0 aliphatic heterocycles. The molecule has 0 bridgehead atoms. The van der Waals surface area contributed by atoms with Crippen molar-refractivity contribution in [1.29, 1.82) is 0 Å². The van der Waals surface area contributed by atoms with E-state index in [9.17, 15) is 0 Å². The third kappa shape index (κ3) is 3.68. The topological polar surface area (TPSA) is 41.5 Å². The van der Waals surface area contributed by atoms with Crippen LogP contribution in [-0.2, 0) is 0 Å². The molecule has 0 aliphatic carbocycles. The van der Waals surface area contributed by atoms with E-state index in [0.29, 0.717) is 6.61 Å². The first-order chi connectivity index (χ1) is 7.67. The molecule has 0 fully saturated rings. The Morgan fingerprint density at radius 3 is 2.50 bits per heavy atom. The molecule has 0 aliphatic rings. The zero-order valence-electron chi connectivity index (χ0n) is 9.86. The van der Waals surface area contributed by atoms with Crippen LogP contribution in [0.25, 0.3) is 0 Å². The molecule has 0 aromatic heterocycles. The van der Waals surface area contributed by atoms with Gasteiger partial charge in [-0.3, -0.25) is 0 Å². The fourth-order valence-corrected chi connectivity index (χ4v) is 1.37. The van der Waals surface area contributed by atoms with Gasteiger partial charge in [-0.15, -0.1) is 0 Å². The van der Waals surface area contributed by atoms with Gasteiger partial charge in [0.2, 0.25) is 0 Å². The molecule has 1 atom stereocenters. The number of rotatable bonds is 6. The van der Waals surface area contributed by atoms with Crippen LogP contribution in [0.1, 0.15) is 18.5 Å². The lowest BCUT2D eigenvalue weighted by molar-refractivity contribution is 0.251. The predicted molar refractivity (Wildman–Crippen MR) is 65.6 cm³/mol. The number of hydrogen-bond donors (Lipinski definition) is 2. The number of ether oxygens (including phenoxy) is 1. The fourth-order valence-electron chi connectivity index (χ4n) is 1.37. The highest BCUT2D eigenvalue weighted by molar-refractivity contribution is 5.29. The first kappa shape index (κ1) is 12.7. The highest BCUT2D eigenvalue weighted by atomic mass is 16.5. The van der Waals surface area contributed by atoms with Crippen molar-refractivity contribution in [2.75, 3.05) is 20.3 Å². The van der Waals surface area contributed by atoms with Crippen molar-refractivity contribution in [3.63, 3.8) is 0 Å². The van der Waals surface area contributed by atoms with Crippen LogP contribution >= 0.6 is 0 Å². The molecule has 1 rings (SSSR count). The zero-order chi connectivity index (χ0) is 12.0. The van der Waals surface area contributed by atoms with E-state index in [4.69, 9.17) is 9.84 Å². The average Bonchev–Trinajstić information content (AvgIpc) is 2.29. The molecule has 1 aromatic rings. The Kier molecular flexibility index (Phi) is 5.02. The van der Waals surface area contributed by atoms with Gasteiger partial charge in [-0.05, 0) is 37.2 Å². The maximum Gasteiger partial charge on any atom is 0.119 e. The summed E-state index contributed by atoms with van der Waals surface area (Å²) in [6.45, 7) is 6.32. The van der Waals surface area contributed by atoms with Crippen LogP contribution in [-0.4, -0.2) is 25.4 Å². The summed E-state index contributed by atoms with van der Waals surface area (Å²) in [5.41, 5.74) is 2.04. The van der Waals surface area contributed by atoms with Crippen LogP contribution in [0.4, 0.5) is 0 Å². The van der Waals surface area contributed by atoms with Crippen LogP contribution in [0, 0.1) is 0 Å². The van der Waals surface area contributed by atoms with E-state index in [-0.39, 0.29) is 12.6 Å². The van der Waals surface area contributed by atoms with Crippen molar-refractivity contribution < 1.29 is 9.84 Å². The molecule has 0 saturated heterocycles. The maximum absolute atomic E-state index is 9.12. The minimum Gasteiger partial charge on any atom is -0.489 e. The lowest BCUT2D eigenvalue weighted by Gasteiger charge is -2.14. The van der Waals surface area contributed by atoms with E-state index in [1.165, 1.54) is 0 Å². The summed E-state index contributed by atoms with van der Waals surface area (Å²) in [6.07, 6.45) is 0. The number of aliphatic hydroxyl groups excluding tert-OH is 1. The van der Waals surface area contributed by atoms with E-state index in [1.54, 1.807) is 0 Å². The Balaban J connectivity index is 2.63. The maximum atomic E-state index is 9.12. The highest BCUT2D eigenvalue weighted by Gasteiger charge is 2.06. The first-order valence-corrected chi connectivity index (χ1v) is 5.32. The quantitative estimate of drug-likeness (QED) is 0.721. The number of likely N-dealkylation sites (N-methyl/N-ethyl adjacent to an activating group) is 1. The molecular weight excluding hydrogens is 202 g/mol. The van der Waals surface area contributed by atoms with Crippen molar-refractivity contribution in [3.8, 4) is 5.75 Å². The molecule has 0 radical (unpaired) electrons. The van der Waals surface area contributed by atoms with Gasteiger partial charge in [0.15, 0.2) is 0 Å². The summed E-state index contributed by atoms with van der Waals surface area (Å²) in [5.74, 6) is 0.819. The van der Waals surface area contributed by atoms with E-state index in [1.807, 2.05) is 38.2 Å². The predicted octanol–water partition coefficient (Wildman–Crippen LogP) is 1.89. The largest absolute Gasteiger partial charge is 0.489 e. The molecule has 0 amide bonds. The van der Waals surface area contributed by atoms with Crippen molar-refractivity contribution in [1.82, 2.24) is 5.32 Å². The number of nitrogens with one attached hydrogen (secondary N) is 1. The van der Waals surface area contributed by atoms with Crippen LogP contribution in [0.5, 0.6) is 5.75 Å². The van der Waals surface area contributed by atoms with Gasteiger partial charge < -0.3 is 15.2 Å². The van der Waals surface area contributed by atoms with Gasteiger partial charge in [-0.25, -0.2) is 0 Å². The summed E-state index contributed by atoms with van der Waals surface area (Å²) < 4.78 is 5.49. The van der Waals surface area contributed by atoms with E-state index < -0.39 is 0 Å². The zero-order valence-corrected chi connectivity index (χ0v) is 9.86. The second kappa shape index (κ2) is 6.30. The van der Waals surface area contributed by atoms with Crippen molar-refractivity contribution in [3.05, 3.63) is 42.0 Å². The minimum atomic E-state index is -0.0183. The molecule has 16 heavy (non-hydrogen) atoms. The normalized spacial score (nSPS) is 12.2. The number of benzene rings is 1. The molecule has 2 N–H and O–H groups in total. The van der Waals surface area contributed by atoms with Gasteiger partial charge in [0.1, 0.15) is 12.4 Å². The van der Waals surface area contributed by atoms with Crippen molar-refractivity contribution in [2.24, 2.45) is 0 Å². The molecule has 3 heteroatoms. The molecule has 0 heterocycles. The number of aliphatic hydroxyl groups is 1. The molecule has 0 saturated carbocycles. The molecule has 1 aromatic carbocycles. The third-order valence-electron chi connectivity index (χ3n) is 2.30. The second-order valence-electron chi connectivity index (χ2n) is 3.84. The summed E-state index contributed by atoms with van der Waals surface area (Å²) in [5, 5.41) is 12.2. The van der Waals surface area contributed by atoms with Gasteiger partial charge in [0.25, 0.3) is 0 Å². The Bertz CT molecular complexity index is 328. The minimum absolute atomic E-state index is 0.0183. The Morgan fingerprint density at radius 1 is 1.44 bits per heavy atom. The molecular formula is C13H19NO2. The van der Waals surface area contributed by atoms with Crippen molar-refractivity contribution >= 4 is 0 Å². The Hall–Kier alpha value is -1.32.